The van der Waals surface area contributed by atoms with Crippen LogP contribution in [0.5, 0.6) is 0 Å². The van der Waals surface area contributed by atoms with Gasteiger partial charge in [-0.25, -0.2) is 17.5 Å². The van der Waals surface area contributed by atoms with Gasteiger partial charge in [0.1, 0.15) is 5.82 Å². The van der Waals surface area contributed by atoms with Gasteiger partial charge in [0.15, 0.2) is 0 Å². The highest BCUT2D eigenvalue weighted by atomic mass is 35.5. The molecule has 0 aliphatic heterocycles. The summed E-state index contributed by atoms with van der Waals surface area (Å²) in [5.74, 6) is -0.829. The molecule has 0 saturated heterocycles. The Labute approximate surface area is 144 Å². The molecule has 8 heteroatoms. The Morgan fingerprint density at radius 3 is 2.42 bits per heavy atom. The first-order valence-electron chi connectivity index (χ1n) is 7.14. The molecule has 0 saturated carbocycles. The van der Waals surface area contributed by atoms with E-state index in [-0.39, 0.29) is 30.3 Å². The van der Waals surface area contributed by atoms with E-state index in [1.807, 2.05) is 6.07 Å². The quantitative estimate of drug-likeness (QED) is 0.786. The molecule has 2 aromatic carbocycles. The Morgan fingerprint density at radius 2 is 1.75 bits per heavy atom. The van der Waals surface area contributed by atoms with E-state index < -0.39 is 15.8 Å². The molecule has 0 heterocycles. The fourth-order valence-corrected chi connectivity index (χ4v) is 3.15. The third kappa shape index (κ3) is 5.30. The normalized spacial score (nSPS) is 11.2. The lowest BCUT2D eigenvalue weighted by Gasteiger charge is -2.08. The van der Waals surface area contributed by atoms with Gasteiger partial charge >= 0.3 is 0 Å². The van der Waals surface area contributed by atoms with Gasteiger partial charge in [-0.3, -0.25) is 4.79 Å². The van der Waals surface area contributed by atoms with Crippen LogP contribution >= 0.6 is 11.6 Å². The first kappa shape index (κ1) is 18.4. The number of rotatable bonds is 7. The van der Waals surface area contributed by atoms with Crippen molar-refractivity contribution in [2.45, 2.75) is 17.9 Å². The zero-order valence-corrected chi connectivity index (χ0v) is 14.2. The average Bonchev–Trinajstić information content (AvgIpc) is 2.54. The minimum Gasteiger partial charge on any atom is -0.352 e. The second-order valence-electron chi connectivity index (χ2n) is 4.97. The zero-order chi connectivity index (χ0) is 17.6. The molecule has 2 N–H and O–H groups in total. The first-order chi connectivity index (χ1) is 11.4. The standard InChI is InChI=1S/C16H16ClFN2O3S/c17-15-4-2-1-3-12(15)11-19-16(21)9-10-20-24(22,23)14-7-5-13(18)6-8-14/h1-8,20H,9-11H2,(H,19,21). The molecule has 0 bridgehead atoms. The molecule has 0 atom stereocenters. The van der Waals surface area contributed by atoms with Gasteiger partial charge in [0.05, 0.1) is 4.90 Å². The van der Waals surface area contributed by atoms with Crippen LogP contribution in [-0.2, 0) is 21.4 Å². The molecule has 0 aliphatic rings. The summed E-state index contributed by atoms with van der Waals surface area (Å²) in [6, 6.07) is 11.6. The number of hydrogen-bond donors (Lipinski definition) is 2. The van der Waals surface area contributed by atoms with Crippen LogP contribution in [0.4, 0.5) is 4.39 Å². The van der Waals surface area contributed by atoms with Gasteiger partial charge in [0, 0.05) is 24.5 Å². The highest BCUT2D eigenvalue weighted by molar-refractivity contribution is 7.89. The molecule has 24 heavy (non-hydrogen) atoms. The molecular formula is C16H16ClFN2O3S. The van der Waals surface area contributed by atoms with Crippen molar-refractivity contribution in [3.63, 3.8) is 0 Å². The number of carbonyl (C=O) groups is 1. The molecule has 2 rings (SSSR count). The maximum Gasteiger partial charge on any atom is 0.240 e. The van der Waals surface area contributed by atoms with Crippen molar-refractivity contribution in [2.24, 2.45) is 0 Å². The van der Waals surface area contributed by atoms with Crippen molar-refractivity contribution in [1.82, 2.24) is 10.0 Å². The Morgan fingerprint density at radius 1 is 1.08 bits per heavy atom. The van der Waals surface area contributed by atoms with E-state index >= 15 is 0 Å². The number of sulfonamides is 1. The first-order valence-corrected chi connectivity index (χ1v) is 9.00. The van der Waals surface area contributed by atoms with E-state index in [0.29, 0.717) is 5.02 Å². The van der Waals surface area contributed by atoms with Crippen molar-refractivity contribution >= 4 is 27.5 Å². The predicted octanol–water partition coefficient (Wildman–Crippen LogP) is 2.46. The molecule has 0 aliphatic carbocycles. The summed E-state index contributed by atoms with van der Waals surface area (Å²) >= 11 is 5.98. The van der Waals surface area contributed by atoms with Gasteiger partial charge in [0.25, 0.3) is 0 Å². The van der Waals surface area contributed by atoms with Gasteiger partial charge in [-0.2, -0.15) is 0 Å². The molecule has 0 fully saturated rings. The molecule has 0 spiro atoms. The van der Waals surface area contributed by atoms with Crippen LogP contribution in [0, 0.1) is 5.82 Å². The maximum absolute atomic E-state index is 12.8. The lowest BCUT2D eigenvalue weighted by atomic mass is 10.2. The molecule has 0 radical (unpaired) electrons. The summed E-state index contributed by atoms with van der Waals surface area (Å²) in [7, 11) is -3.76. The molecule has 128 valence electrons. The number of halogens is 2. The lowest BCUT2D eigenvalue weighted by molar-refractivity contribution is -0.121. The summed E-state index contributed by atoms with van der Waals surface area (Å²) in [5, 5.41) is 3.22. The van der Waals surface area contributed by atoms with Crippen molar-refractivity contribution in [3.8, 4) is 0 Å². The summed E-state index contributed by atoms with van der Waals surface area (Å²) in [6.07, 6.45) is -0.0229. The molecule has 5 nitrogen and oxygen atoms in total. The minimum absolute atomic E-state index is 0.0229. The highest BCUT2D eigenvalue weighted by Gasteiger charge is 2.14. The van der Waals surface area contributed by atoms with E-state index in [2.05, 4.69) is 10.0 Å². The smallest absolute Gasteiger partial charge is 0.240 e. The van der Waals surface area contributed by atoms with Crippen molar-refractivity contribution in [3.05, 3.63) is 64.9 Å². The fourth-order valence-electron chi connectivity index (χ4n) is 1.92. The Bertz CT molecular complexity index is 810. The van der Waals surface area contributed by atoms with Crippen molar-refractivity contribution in [2.75, 3.05) is 6.54 Å². The Hall–Kier alpha value is -1.96. The van der Waals surface area contributed by atoms with E-state index in [1.165, 1.54) is 0 Å². The fraction of sp³-hybridized carbons (Fsp3) is 0.188. The van der Waals surface area contributed by atoms with Gasteiger partial charge in [0.2, 0.25) is 15.9 Å². The van der Waals surface area contributed by atoms with Crippen LogP contribution in [0.1, 0.15) is 12.0 Å². The summed E-state index contributed by atoms with van der Waals surface area (Å²) in [4.78, 5) is 11.7. The minimum atomic E-state index is -3.76. The van der Waals surface area contributed by atoms with E-state index in [4.69, 9.17) is 11.6 Å². The second kappa shape index (κ2) is 8.23. The average molecular weight is 371 g/mol. The Balaban J connectivity index is 1.80. The number of hydrogen-bond acceptors (Lipinski definition) is 3. The largest absolute Gasteiger partial charge is 0.352 e. The molecule has 0 aromatic heterocycles. The van der Waals surface area contributed by atoms with Crippen LogP contribution < -0.4 is 10.0 Å². The van der Waals surface area contributed by atoms with Crippen LogP contribution in [0.25, 0.3) is 0 Å². The van der Waals surface area contributed by atoms with Gasteiger partial charge in [-0.05, 0) is 35.9 Å². The number of carbonyl (C=O) groups excluding carboxylic acids is 1. The van der Waals surface area contributed by atoms with Gasteiger partial charge in [-0.1, -0.05) is 29.8 Å². The summed E-state index contributed by atoms with van der Waals surface area (Å²) < 4.78 is 39.0. The Kier molecular flexibility index (Phi) is 6.30. The number of amides is 1. The molecule has 0 unspecified atom stereocenters. The predicted molar refractivity (Wildman–Crippen MR) is 89.5 cm³/mol. The number of benzene rings is 2. The van der Waals surface area contributed by atoms with E-state index in [0.717, 1.165) is 29.8 Å². The topological polar surface area (TPSA) is 75.3 Å². The lowest BCUT2D eigenvalue weighted by Crippen LogP contribution is -2.30. The SMILES string of the molecule is O=C(CCNS(=O)(=O)c1ccc(F)cc1)NCc1ccccc1Cl. The second-order valence-corrected chi connectivity index (χ2v) is 7.14. The van der Waals surface area contributed by atoms with E-state index in [9.17, 15) is 17.6 Å². The zero-order valence-electron chi connectivity index (χ0n) is 12.6. The third-order valence-corrected chi connectivity index (χ3v) is 5.05. The molecule has 2 aromatic rings. The van der Waals surface area contributed by atoms with Crippen LogP contribution in [-0.4, -0.2) is 20.9 Å². The van der Waals surface area contributed by atoms with Crippen LogP contribution in [0.2, 0.25) is 5.02 Å². The van der Waals surface area contributed by atoms with E-state index in [1.54, 1.807) is 18.2 Å². The third-order valence-electron chi connectivity index (χ3n) is 3.20. The van der Waals surface area contributed by atoms with Crippen LogP contribution in [0.3, 0.4) is 0 Å². The highest BCUT2D eigenvalue weighted by Crippen LogP contribution is 2.14. The maximum atomic E-state index is 12.8. The molecular weight excluding hydrogens is 355 g/mol. The summed E-state index contributed by atoms with van der Waals surface area (Å²) in [5.41, 5.74) is 0.777. The monoisotopic (exact) mass is 370 g/mol. The number of nitrogens with one attached hydrogen (secondary N) is 2. The summed E-state index contributed by atoms with van der Waals surface area (Å²) in [6.45, 7) is 0.206. The van der Waals surface area contributed by atoms with Gasteiger partial charge in [-0.15, -0.1) is 0 Å². The van der Waals surface area contributed by atoms with Crippen molar-refractivity contribution < 1.29 is 17.6 Å². The van der Waals surface area contributed by atoms with Crippen molar-refractivity contribution in [1.29, 1.82) is 0 Å². The molecule has 1 amide bonds. The van der Waals surface area contributed by atoms with Gasteiger partial charge < -0.3 is 5.32 Å². The van der Waals surface area contributed by atoms with Crippen LogP contribution in [0.15, 0.2) is 53.4 Å².